The summed E-state index contributed by atoms with van der Waals surface area (Å²) in [5, 5.41) is 4.23. The molecular formula is C22H24FN3O2S. The van der Waals surface area contributed by atoms with Crippen molar-refractivity contribution in [2.45, 2.75) is 49.7 Å². The second-order valence-corrected chi connectivity index (χ2v) is 9.35. The molecule has 0 amide bonds. The lowest BCUT2D eigenvalue weighted by Crippen LogP contribution is -2.38. The highest BCUT2D eigenvalue weighted by Gasteiger charge is 2.42. The van der Waals surface area contributed by atoms with Crippen molar-refractivity contribution in [3.05, 3.63) is 83.9 Å². The fourth-order valence-corrected chi connectivity index (χ4v) is 5.93. The molecule has 1 saturated heterocycles. The third kappa shape index (κ3) is 4.11. The number of aromatic nitrogens is 2. The number of hydrogen-bond donors (Lipinski definition) is 0. The zero-order valence-corrected chi connectivity index (χ0v) is 17.1. The smallest absolute Gasteiger partial charge is 0.243 e. The minimum absolute atomic E-state index is 0.138. The molecular weight excluding hydrogens is 389 g/mol. The molecule has 1 aliphatic rings. The van der Waals surface area contributed by atoms with Gasteiger partial charge in [0.15, 0.2) is 0 Å². The van der Waals surface area contributed by atoms with E-state index >= 15 is 0 Å². The Morgan fingerprint density at radius 3 is 2.45 bits per heavy atom. The number of rotatable bonds is 6. The summed E-state index contributed by atoms with van der Waals surface area (Å²) in [5.41, 5.74) is 1.83. The Bertz CT molecular complexity index is 1050. The van der Waals surface area contributed by atoms with Crippen LogP contribution in [0.25, 0.3) is 0 Å². The van der Waals surface area contributed by atoms with E-state index < -0.39 is 10.0 Å². The molecule has 7 heteroatoms. The van der Waals surface area contributed by atoms with Crippen molar-refractivity contribution in [1.29, 1.82) is 0 Å². The van der Waals surface area contributed by atoms with Gasteiger partial charge >= 0.3 is 0 Å². The zero-order chi connectivity index (χ0) is 20.4. The lowest BCUT2D eigenvalue weighted by molar-refractivity contribution is 0.301. The fourth-order valence-electron chi connectivity index (χ4n) is 4.04. The summed E-state index contributed by atoms with van der Waals surface area (Å²) in [5.74, 6) is -0.324. The van der Waals surface area contributed by atoms with Gasteiger partial charge in [-0.05, 0) is 62.1 Å². The molecule has 0 saturated carbocycles. The van der Waals surface area contributed by atoms with Gasteiger partial charge in [-0.1, -0.05) is 29.8 Å². The van der Waals surface area contributed by atoms with Crippen LogP contribution in [0.3, 0.4) is 0 Å². The second-order valence-electron chi connectivity index (χ2n) is 7.50. The molecule has 1 fully saturated rings. The van der Waals surface area contributed by atoms with Gasteiger partial charge in [0.25, 0.3) is 0 Å². The second kappa shape index (κ2) is 8.08. The van der Waals surface area contributed by atoms with E-state index in [1.54, 1.807) is 34.8 Å². The average molecular weight is 414 g/mol. The van der Waals surface area contributed by atoms with Crippen LogP contribution in [0, 0.1) is 12.7 Å². The van der Waals surface area contributed by atoms with Crippen molar-refractivity contribution in [3.8, 4) is 0 Å². The first-order valence-corrected chi connectivity index (χ1v) is 11.2. The summed E-state index contributed by atoms with van der Waals surface area (Å²) >= 11 is 0. The monoisotopic (exact) mass is 413 g/mol. The maximum absolute atomic E-state index is 13.6. The Balaban J connectivity index is 1.68. The van der Waals surface area contributed by atoms with Gasteiger partial charge in [0.1, 0.15) is 5.82 Å². The van der Waals surface area contributed by atoms with Crippen LogP contribution >= 0.6 is 0 Å². The first kappa shape index (κ1) is 19.8. The van der Waals surface area contributed by atoms with Crippen molar-refractivity contribution in [2.24, 2.45) is 0 Å². The number of halogens is 1. The molecule has 1 aliphatic heterocycles. The van der Waals surface area contributed by atoms with Gasteiger partial charge in [-0.25, -0.2) is 12.8 Å². The molecule has 2 aromatic carbocycles. The highest BCUT2D eigenvalue weighted by Crippen LogP contribution is 2.41. The average Bonchev–Trinajstić information content (AvgIpc) is 3.37. The van der Waals surface area contributed by atoms with Gasteiger partial charge < -0.3 is 0 Å². The fraction of sp³-hybridized carbons (Fsp3) is 0.318. The molecule has 2 heterocycles. The lowest BCUT2D eigenvalue weighted by Gasteiger charge is -2.30. The summed E-state index contributed by atoms with van der Waals surface area (Å²) in [6.07, 6.45) is 5.74. The van der Waals surface area contributed by atoms with Crippen LogP contribution in [0.1, 0.15) is 36.4 Å². The molecule has 5 nitrogen and oxygen atoms in total. The van der Waals surface area contributed by atoms with Crippen LogP contribution in [0.4, 0.5) is 4.39 Å². The molecule has 0 aliphatic carbocycles. The molecule has 4 rings (SSSR count). The van der Waals surface area contributed by atoms with Gasteiger partial charge in [-0.3, -0.25) is 4.68 Å². The van der Waals surface area contributed by atoms with Crippen molar-refractivity contribution >= 4 is 10.0 Å². The summed E-state index contributed by atoms with van der Waals surface area (Å²) in [6.45, 7) is 2.58. The Morgan fingerprint density at radius 2 is 1.79 bits per heavy atom. The van der Waals surface area contributed by atoms with Gasteiger partial charge in [0.2, 0.25) is 10.0 Å². The third-order valence-electron chi connectivity index (χ3n) is 5.54. The number of hydrogen-bond acceptors (Lipinski definition) is 3. The van der Waals surface area contributed by atoms with Crippen LogP contribution in [0.5, 0.6) is 0 Å². The molecule has 152 valence electrons. The van der Waals surface area contributed by atoms with Gasteiger partial charge in [-0.2, -0.15) is 9.40 Å². The van der Waals surface area contributed by atoms with Crippen LogP contribution in [0.15, 0.2) is 71.9 Å². The molecule has 0 spiro atoms. The minimum atomic E-state index is -3.69. The van der Waals surface area contributed by atoms with E-state index in [0.717, 1.165) is 17.5 Å². The number of sulfonamides is 1. The minimum Gasteiger partial charge on any atom is -0.273 e. The topological polar surface area (TPSA) is 55.2 Å². The molecule has 1 aromatic heterocycles. The number of benzene rings is 2. The van der Waals surface area contributed by atoms with E-state index in [1.807, 2.05) is 36.0 Å². The molecule has 2 atom stereocenters. The Labute approximate surface area is 170 Å². The first-order chi connectivity index (χ1) is 13.9. The van der Waals surface area contributed by atoms with Crippen molar-refractivity contribution in [1.82, 2.24) is 14.1 Å². The zero-order valence-electron chi connectivity index (χ0n) is 16.3. The molecule has 0 N–H and O–H groups in total. The van der Waals surface area contributed by atoms with Crippen molar-refractivity contribution in [3.63, 3.8) is 0 Å². The Hall–Kier alpha value is -2.51. The van der Waals surface area contributed by atoms with Crippen molar-refractivity contribution in [2.75, 3.05) is 0 Å². The summed E-state index contributed by atoms with van der Waals surface area (Å²) in [4.78, 5) is 0.293. The van der Waals surface area contributed by atoms with E-state index in [9.17, 15) is 12.8 Å². The SMILES string of the molecule is Cc1ccc(S(=O)(=O)N2C(CCn3cccn3)CCC2c2ccc(F)cc2)cc1. The maximum Gasteiger partial charge on any atom is 0.243 e. The van der Waals surface area contributed by atoms with E-state index in [4.69, 9.17) is 0 Å². The largest absolute Gasteiger partial charge is 0.273 e. The normalized spacial score (nSPS) is 20.2. The van der Waals surface area contributed by atoms with Crippen LogP contribution in [0.2, 0.25) is 0 Å². The number of nitrogens with zero attached hydrogens (tertiary/aromatic N) is 3. The number of aryl methyl sites for hydroxylation is 2. The van der Waals surface area contributed by atoms with Gasteiger partial charge in [-0.15, -0.1) is 0 Å². The van der Waals surface area contributed by atoms with Crippen molar-refractivity contribution < 1.29 is 12.8 Å². The molecule has 2 unspecified atom stereocenters. The van der Waals surface area contributed by atoms with E-state index in [1.165, 1.54) is 12.1 Å². The summed E-state index contributed by atoms with van der Waals surface area (Å²) in [6, 6.07) is 14.5. The third-order valence-corrected chi connectivity index (χ3v) is 7.52. The highest BCUT2D eigenvalue weighted by atomic mass is 32.2. The predicted molar refractivity (Wildman–Crippen MR) is 109 cm³/mol. The van der Waals surface area contributed by atoms with Gasteiger partial charge in [0.05, 0.1) is 10.9 Å². The Morgan fingerprint density at radius 1 is 1.07 bits per heavy atom. The van der Waals surface area contributed by atoms with Crippen LogP contribution in [-0.4, -0.2) is 28.5 Å². The lowest BCUT2D eigenvalue weighted by atomic mass is 10.1. The molecule has 29 heavy (non-hydrogen) atoms. The van der Waals surface area contributed by atoms with Crippen LogP contribution in [-0.2, 0) is 16.6 Å². The predicted octanol–water partition coefficient (Wildman–Crippen LogP) is 4.32. The standard InChI is InChI=1S/C22H24FN3O2S/c1-17-3-10-21(11-4-17)29(27,28)26-20(13-16-25-15-2-14-24-25)9-12-22(26)18-5-7-19(23)8-6-18/h2-8,10-11,14-15,20,22H,9,12-13,16H2,1H3. The highest BCUT2D eigenvalue weighted by molar-refractivity contribution is 7.89. The summed E-state index contributed by atoms with van der Waals surface area (Å²) in [7, 11) is -3.69. The molecule has 0 bridgehead atoms. The van der Waals surface area contributed by atoms with E-state index in [-0.39, 0.29) is 17.9 Å². The molecule has 3 aromatic rings. The van der Waals surface area contributed by atoms with E-state index in [0.29, 0.717) is 24.3 Å². The summed E-state index contributed by atoms with van der Waals surface area (Å²) < 4.78 is 44.1. The molecule has 0 radical (unpaired) electrons. The maximum atomic E-state index is 13.6. The quantitative estimate of drug-likeness (QED) is 0.605. The Kier molecular flexibility index (Phi) is 5.52. The first-order valence-electron chi connectivity index (χ1n) is 9.78. The van der Waals surface area contributed by atoms with E-state index in [2.05, 4.69) is 5.10 Å². The van der Waals surface area contributed by atoms with Gasteiger partial charge in [0, 0.05) is 25.0 Å². The van der Waals surface area contributed by atoms with Crippen LogP contribution < -0.4 is 0 Å².